The number of benzene rings is 1. The second-order valence-electron chi connectivity index (χ2n) is 5.64. The molecule has 1 saturated heterocycles. The molecule has 3 rings (SSSR count). The van der Waals surface area contributed by atoms with Gasteiger partial charge < -0.3 is 10.4 Å². The normalized spacial score (nSPS) is 34.5. The summed E-state index contributed by atoms with van der Waals surface area (Å²) in [5, 5.41) is 14.3. The second-order valence-corrected chi connectivity index (χ2v) is 7.46. The number of nitrogens with one attached hydrogen (secondary N) is 1. The van der Waals surface area contributed by atoms with Crippen molar-refractivity contribution < 1.29 is 5.11 Å². The predicted molar refractivity (Wildman–Crippen MR) is 84.2 cm³/mol. The average Bonchev–Trinajstić information content (AvgIpc) is 2.37. The van der Waals surface area contributed by atoms with Gasteiger partial charge in [-0.25, -0.2) is 0 Å². The molecule has 2 nitrogen and oxygen atoms in total. The van der Waals surface area contributed by atoms with E-state index < -0.39 is 5.72 Å². The highest BCUT2D eigenvalue weighted by Gasteiger charge is 2.48. The Kier molecular flexibility index (Phi) is 3.58. The zero-order valence-corrected chi connectivity index (χ0v) is 12.7. The molecule has 2 fully saturated rings. The van der Waals surface area contributed by atoms with Gasteiger partial charge in [0.25, 0.3) is 0 Å². The van der Waals surface area contributed by atoms with E-state index >= 15 is 0 Å². The fourth-order valence-electron chi connectivity index (χ4n) is 3.20. The van der Waals surface area contributed by atoms with Crippen LogP contribution >= 0.6 is 24.0 Å². The Bertz CT molecular complexity index is 487. The second kappa shape index (κ2) is 5.08. The highest BCUT2D eigenvalue weighted by molar-refractivity contribution is 8.23. The van der Waals surface area contributed by atoms with Crippen molar-refractivity contribution in [2.45, 2.75) is 43.6 Å². The molecular formula is C15H19NOS2. The Balaban J connectivity index is 1.94. The van der Waals surface area contributed by atoms with Crippen molar-refractivity contribution in [2.24, 2.45) is 5.92 Å². The summed E-state index contributed by atoms with van der Waals surface area (Å²) in [6.07, 6.45) is 4.15. The van der Waals surface area contributed by atoms with Gasteiger partial charge in [-0.2, -0.15) is 0 Å². The van der Waals surface area contributed by atoms with E-state index in [1.807, 2.05) is 0 Å². The maximum absolute atomic E-state index is 10.8. The summed E-state index contributed by atoms with van der Waals surface area (Å²) in [5.41, 5.74) is 1.75. The van der Waals surface area contributed by atoms with Crippen LogP contribution in [-0.4, -0.2) is 15.2 Å². The zero-order valence-electron chi connectivity index (χ0n) is 11.1. The minimum atomic E-state index is -0.795. The highest BCUT2D eigenvalue weighted by atomic mass is 32.2. The SMILES string of the molecule is Cc1ccc([C@H]2SC(=S)N[C@]3(O)CCCC[C@H]23)cc1. The summed E-state index contributed by atoms with van der Waals surface area (Å²) < 4.78 is 0.728. The maximum atomic E-state index is 10.8. The molecule has 4 heteroatoms. The number of aliphatic hydroxyl groups is 1. The number of rotatable bonds is 1. The number of fused-ring (bicyclic) bond motifs is 1. The van der Waals surface area contributed by atoms with E-state index in [1.54, 1.807) is 11.8 Å². The summed E-state index contributed by atoms with van der Waals surface area (Å²) in [6, 6.07) is 8.64. The summed E-state index contributed by atoms with van der Waals surface area (Å²) in [7, 11) is 0. The van der Waals surface area contributed by atoms with Gasteiger partial charge in [0, 0.05) is 11.2 Å². The van der Waals surface area contributed by atoms with Crippen molar-refractivity contribution in [3.05, 3.63) is 35.4 Å². The fraction of sp³-hybridized carbons (Fsp3) is 0.533. The first-order chi connectivity index (χ1) is 9.08. The molecule has 2 aliphatic rings. The van der Waals surface area contributed by atoms with Crippen LogP contribution in [0.5, 0.6) is 0 Å². The molecule has 0 amide bonds. The molecule has 0 bridgehead atoms. The average molecular weight is 293 g/mol. The van der Waals surface area contributed by atoms with E-state index in [-0.39, 0.29) is 11.2 Å². The first-order valence-electron chi connectivity index (χ1n) is 6.86. The van der Waals surface area contributed by atoms with Crippen LogP contribution in [0.15, 0.2) is 24.3 Å². The van der Waals surface area contributed by atoms with Crippen LogP contribution in [0.4, 0.5) is 0 Å². The lowest BCUT2D eigenvalue weighted by atomic mass is 9.77. The van der Waals surface area contributed by atoms with Gasteiger partial charge in [-0.3, -0.25) is 0 Å². The topological polar surface area (TPSA) is 32.3 Å². The summed E-state index contributed by atoms with van der Waals surface area (Å²) in [4.78, 5) is 0. The van der Waals surface area contributed by atoms with Gasteiger partial charge in [-0.05, 0) is 31.7 Å². The quantitative estimate of drug-likeness (QED) is 0.776. The van der Waals surface area contributed by atoms with Crippen LogP contribution in [-0.2, 0) is 0 Å². The Morgan fingerprint density at radius 2 is 2.05 bits per heavy atom. The maximum Gasteiger partial charge on any atom is 0.140 e. The van der Waals surface area contributed by atoms with E-state index in [9.17, 15) is 5.11 Å². The molecule has 1 aliphatic heterocycles. The molecule has 0 radical (unpaired) electrons. The van der Waals surface area contributed by atoms with Crippen LogP contribution in [0.3, 0.4) is 0 Å². The molecule has 0 spiro atoms. The lowest BCUT2D eigenvalue weighted by Crippen LogP contribution is -2.58. The molecule has 3 atom stereocenters. The first-order valence-corrected chi connectivity index (χ1v) is 8.15. The molecule has 0 aromatic heterocycles. The standard InChI is InChI=1S/C15H19NOS2/c1-10-5-7-11(8-6-10)13-12-4-2-3-9-15(12,17)16-14(18)19-13/h5-8,12-13,17H,2-4,9H2,1H3,(H,16,18)/t12-,13-,15+/m1/s1. The third kappa shape index (κ3) is 2.54. The number of thioether (sulfide) groups is 1. The minimum absolute atomic E-state index is 0.251. The van der Waals surface area contributed by atoms with E-state index in [1.165, 1.54) is 17.5 Å². The lowest BCUT2D eigenvalue weighted by molar-refractivity contribution is -0.0632. The molecule has 102 valence electrons. The summed E-state index contributed by atoms with van der Waals surface area (Å²) >= 11 is 7.03. The Morgan fingerprint density at radius 3 is 2.79 bits per heavy atom. The molecule has 19 heavy (non-hydrogen) atoms. The molecule has 1 aliphatic carbocycles. The fourth-order valence-corrected chi connectivity index (χ4v) is 4.97. The van der Waals surface area contributed by atoms with E-state index in [2.05, 4.69) is 36.5 Å². The number of aryl methyl sites for hydroxylation is 1. The Morgan fingerprint density at radius 1 is 1.32 bits per heavy atom. The molecule has 2 N–H and O–H groups in total. The lowest BCUT2D eigenvalue weighted by Gasteiger charge is -2.48. The van der Waals surface area contributed by atoms with Gasteiger partial charge >= 0.3 is 0 Å². The van der Waals surface area contributed by atoms with Crippen molar-refractivity contribution >= 4 is 28.3 Å². The smallest absolute Gasteiger partial charge is 0.140 e. The van der Waals surface area contributed by atoms with Crippen LogP contribution in [0.25, 0.3) is 0 Å². The van der Waals surface area contributed by atoms with Crippen LogP contribution < -0.4 is 5.32 Å². The van der Waals surface area contributed by atoms with Gasteiger partial charge in [0.1, 0.15) is 10.0 Å². The summed E-state index contributed by atoms with van der Waals surface area (Å²) in [5.74, 6) is 0.251. The molecule has 1 saturated carbocycles. The monoisotopic (exact) mass is 293 g/mol. The van der Waals surface area contributed by atoms with Crippen molar-refractivity contribution in [2.75, 3.05) is 0 Å². The molecule has 1 aromatic carbocycles. The third-order valence-corrected chi connectivity index (χ3v) is 5.82. The van der Waals surface area contributed by atoms with Gasteiger partial charge in [-0.15, -0.1) is 0 Å². The predicted octanol–water partition coefficient (Wildman–Crippen LogP) is 3.54. The van der Waals surface area contributed by atoms with Gasteiger partial charge in [0.05, 0.1) is 0 Å². The van der Waals surface area contributed by atoms with Crippen molar-refractivity contribution in [1.82, 2.24) is 5.32 Å². The number of hydrogen-bond donors (Lipinski definition) is 2. The first kappa shape index (κ1) is 13.4. The largest absolute Gasteiger partial charge is 0.371 e. The molecular weight excluding hydrogens is 274 g/mol. The summed E-state index contributed by atoms with van der Waals surface area (Å²) in [6.45, 7) is 2.10. The minimum Gasteiger partial charge on any atom is -0.371 e. The van der Waals surface area contributed by atoms with E-state index in [4.69, 9.17) is 12.2 Å². The number of hydrogen-bond acceptors (Lipinski definition) is 3. The van der Waals surface area contributed by atoms with E-state index in [0.717, 1.165) is 23.6 Å². The highest BCUT2D eigenvalue weighted by Crippen LogP contribution is 2.50. The van der Waals surface area contributed by atoms with Crippen LogP contribution in [0.2, 0.25) is 0 Å². The van der Waals surface area contributed by atoms with Gasteiger partial charge in [0.2, 0.25) is 0 Å². The van der Waals surface area contributed by atoms with Crippen LogP contribution in [0, 0.1) is 12.8 Å². The van der Waals surface area contributed by atoms with Crippen molar-refractivity contribution in [3.63, 3.8) is 0 Å². The van der Waals surface area contributed by atoms with Crippen LogP contribution in [0.1, 0.15) is 42.1 Å². The molecule has 1 aromatic rings. The third-order valence-electron chi connectivity index (χ3n) is 4.26. The van der Waals surface area contributed by atoms with Gasteiger partial charge in [-0.1, -0.05) is 60.2 Å². The van der Waals surface area contributed by atoms with E-state index in [0.29, 0.717) is 0 Å². The Labute approximate surface area is 124 Å². The Hall–Kier alpha value is -0.580. The number of thiocarbonyl (C=S) groups is 1. The molecule has 0 unspecified atom stereocenters. The molecule has 1 heterocycles. The van der Waals surface area contributed by atoms with Crippen molar-refractivity contribution in [3.8, 4) is 0 Å². The zero-order chi connectivity index (χ0) is 13.5. The van der Waals surface area contributed by atoms with Crippen molar-refractivity contribution in [1.29, 1.82) is 0 Å². The van der Waals surface area contributed by atoms with Gasteiger partial charge in [0.15, 0.2) is 0 Å².